The van der Waals surface area contributed by atoms with Crippen LogP contribution in [0.5, 0.6) is 11.5 Å². The van der Waals surface area contributed by atoms with E-state index in [0.29, 0.717) is 78.6 Å². The molecule has 0 atom stereocenters. The van der Waals surface area contributed by atoms with Crippen LogP contribution in [-0.2, 0) is 59.6 Å². The summed E-state index contributed by atoms with van der Waals surface area (Å²) in [6.07, 6.45) is 3.11. The molecule has 0 aliphatic heterocycles. The topological polar surface area (TPSA) is 269 Å². The van der Waals surface area contributed by atoms with Gasteiger partial charge in [-0.1, -0.05) is 97.1 Å². The summed E-state index contributed by atoms with van der Waals surface area (Å²) in [4.78, 5) is 12.0. The predicted octanol–water partition coefficient (Wildman–Crippen LogP) is 10.3. The molecule has 0 aliphatic rings. The molecule has 0 fully saturated rings. The highest BCUT2D eigenvalue weighted by Gasteiger charge is 2.26. The third-order valence-corrected chi connectivity index (χ3v) is 15.3. The van der Waals surface area contributed by atoms with Crippen molar-refractivity contribution in [2.75, 3.05) is 10.6 Å². The van der Waals surface area contributed by atoms with Gasteiger partial charge in [0.25, 0.3) is 0 Å². The van der Waals surface area contributed by atoms with Crippen LogP contribution in [0.1, 0.15) is 71.1 Å². The summed E-state index contributed by atoms with van der Waals surface area (Å²) in [7, 11) is -7.85. The Labute approximate surface area is 470 Å². The molecular formula is C60H61F2N9O8S2. The van der Waals surface area contributed by atoms with E-state index in [1.54, 1.807) is 138 Å². The third-order valence-electron chi connectivity index (χ3n) is 12.5. The van der Waals surface area contributed by atoms with Gasteiger partial charge in [0.15, 0.2) is 5.69 Å². The standard InChI is InChI=1S/C32H33FN4O4S.C28H28FN5O4S/c1-21-31(41-20-22-10-13-25(34-5)14-11-22)27(24(19-38)17-35-21)18-36-29-15-12-23(16-28(29)33)26-8-6-7-9-30(26)42(39,40)37-32(2,3)4;1-17-27(38-16-18-6-8-19(9-7-18)28(30)31)23(21(15-35)13-33-17)14-34-25-11-10-20(12-24(25)29)22-4-2-3-5-26(22)39(32,36)37/h6-17,36-38H,18-20H2,1-4H3;2-13,34-35H,14-16H2,1H3,(H3,30,31)(H2,32,36,37). The molecule has 6 aromatic carbocycles. The van der Waals surface area contributed by atoms with E-state index in [9.17, 15) is 27.0 Å². The van der Waals surface area contributed by atoms with E-state index in [1.807, 2.05) is 12.1 Å². The van der Waals surface area contributed by atoms with Crippen LogP contribution in [0.2, 0.25) is 0 Å². The lowest BCUT2D eigenvalue weighted by atomic mass is 10.0. The van der Waals surface area contributed by atoms with Crippen LogP contribution in [0.3, 0.4) is 0 Å². The Kier molecular flexibility index (Phi) is 19.3. The minimum absolute atomic E-state index is 0.0274. The maximum absolute atomic E-state index is 15.4. The Morgan fingerprint density at radius 2 is 1.10 bits per heavy atom. The summed E-state index contributed by atoms with van der Waals surface area (Å²) in [5.74, 6) is -0.252. The van der Waals surface area contributed by atoms with Crippen molar-refractivity contribution in [1.29, 1.82) is 5.41 Å². The van der Waals surface area contributed by atoms with Crippen LogP contribution in [0.15, 0.2) is 156 Å². The molecule has 8 rings (SSSR count). The van der Waals surface area contributed by atoms with Gasteiger partial charge in [-0.05, 0) is 93.3 Å². The zero-order chi connectivity index (χ0) is 58.6. The van der Waals surface area contributed by atoms with Crippen LogP contribution in [0.25, 0.3) is 27.1 Å². The highest BCUT2D eigenvalue weighted by atomic mass is 32.2. The normalized spacial score (nSPS) is 11.5. The Morgan fingerprint density at radius 1 is 0.667 bits per heavy atom. The molecule has 0 amide bonds. The molecule has 420 valence electrons. The number of anilines is 2. The van der Waals surface area contributed by atoms with Crippen LogP contribution in [0, 0.1) is 37.5 Å². The second kappa shape index (κ2) is 26.1. The lowest BCUT2D eigenvalue weighted by molar-refractivity contribution is 0.273. The van der Waals surface area contributed by atoms with E-state index in [1.165, 1.54) is 30.3 Å². The monoisotopic (exact) mass is 1140 g/mol. The number of aliphatic hydroxyl groups is 2. The lowest BCUT2D eigenvalue weighted by Crippen LogP contribution is -2.40. The third kappa shape index (κ3) is 15.4. The van der Waals surface area contributed by atoms with Crippen molar-refractivity contribution in [3.8, 4) is 33.8 Å². The molecule has 0 radical (unpaired) electrons. The number of benzene rings is 6. The van der Waals surface area contributed by atoms with Gasteiger partial charge >= 0.3 is 0 Å². The van der Waals surface area contributed by atoms with Crippen molar-refractivity contribution in [2.45, 2.75) is 89.5 Å². The average molecular weight is 1140 g/mol. The Morgan fingerprint density at radius 3 is 1.51 bits per heavy atom. The van der Waals surface area contributed by atoms with Crippen molar-refractivity contribution < 1.29 is 45.3 Å². The van der Waals surface area contributed by atoms with Crippen molar-refractivity contribution >= 4 is 42.9 Å². The summed E-state index contributed by atoms with van der Waals surface area (Å²) in [6.45, 7) is 16.0. The molecule has 0 aliphatic carbocycles. The minimum Gasteiger partial charge on any atom is -0.487 e. The highest BCUT2D eigenvalue weighted by molar-refractivity contribution is 7.89. The fourth-order valence-electron chi connectivity index (χ4n) is 8.52. The lowest BCUT2D eigenvalue weighted by Gasteiger charge is -2.22. The maximum atomic E-state index is 15.4. The van der Waals surface area contributed by atoms with Crippen LogP contribution >= 0.6 is 0 Å². The molecule has 8 aromatic rings. The van der Waals surface area contributed by atoms with E-state index >= 15 is 8.78 Å². The van der Waals surface area contributed by atoms with Crippen molar-refractivity contribution in [3.63, 3.8) is 0 Å². The summed E-state index contributed by atoms with van der Waals surface area (Å²) >= 11 is 0. The molecule has 0 saturated carbocycles. The number of hydrogen-bond acceptors (Lipinski definition) is 13. The smallest absolute Gasteiger partial charge is 0.241 e. The number of aryl methyl sites for hydroxylation is 2. The molecule has 10 N–H and O–H groups in total. The average Bonchev–Trinajstić information content (AvgIpc) is 3.43. The number of rotatable bonds is 20. The number of aromatic nitrogens is 2. The molecule has 0 spiro atoms. The molecule has 21 heteroatoms. The van der Waals surface area contributed by atoms with Crippen LogP contribution in [0.4, 0.5) is 25.8 Å². The summed E-state index contributed by atoms with van der Waals surface area (Å²) in [6, 6.07) is 35.6. The van der Waals surface area contributed by atoms with E-state index in [0.717, 1.165) is 11.1 Å². The number of pyridine rings is 2. The molecule has 0 saturated heterocycles. The second-order valence-corrected chi connectivity index (χ2v) is 22.8. The van der Waals surface area contributed by atoms with E-state index in [-0.39, 0.29) is 66.5 Å². The molecule has 0 bridgehead atoms. The van der Waals surface area contributed by atoms with Gasteiger partial charge < -0.3 is 36.1 Å². The van der Waals surface area contributed by atoms with E-state index in [4.69, 9.17) is 32.3 Å². The number of nitrogens with zero attached hydrogens (tertiary/aromatic N) is 3. The summed E-state index contributed by atoms with van der Waals surface area (Å²) in [5, 5.41) is 38.9. The second-order valence-electron chi connectivity index (χ2n) is 19.6. The van der Waals surface area contributed by atoms with Gasteiger partial charge in [0.2, 0.25) is 20.0 Å². The zero-order valence-corrected chi connectivity index (χ0v) is 46.6. The Hall–Kier alpha value is -8.62. The molecule has 0 unspecified atom stereocenters. The number of nitrogens with two attached hydrogens (primary N) is 2. The summed E-state index contributed by atoms with van der Waals surface area (Å²) < 4.78 is 95.4. The fourth-order valence-corrected chi connectivity index (χ4v) is 10.9. The van der Waals surface area contributed by atoms with Crippen molar-refractivity contribution in [2.24, 2.45) is 10.9 Å². The number of nitrogen functional groups attached to an aromatic ring is 1. The SMILES string of the molecule is Cc1ncc(CO)c(CNc2ccc(-c3ccccc3S(N)(=O)=O)cc2F)c1OCc1ccc(C(=N)N)cc1.[C-]#[N+]c1ccc(COc2c(C)ncc(CO)c2CNc2ccc(-c3ccccc3S(=O)(=O)NC(C)(C)C)cc2F)cc1. The number of aliphatic hydroxyl groups excluding tert-OH is 2. The summed E-state index contributed by atoms with van der Waals surface area (Å²) in [5.41, 5.74) is 13.0. The Balaban J connectivity index is 0.000000234. The molecule has 2 aromatic heterocycles. The van der Waals surface area contributed by atoms with Gasteiger partial charge in [-0.2, -0.15) is 0 Å². The van der Waals surface area contributed by atoms with Crippen LogP contribution < -0.4 is 35.7 Å². The number of sulfonamides is 2. The van der Waals surface area contributed by atoms with Gasteiger partial charge in [0, 0.05) is 70.0 Å². The van der Waals surface area contributed by atoms with Gasteiger partial charge in [-0.15, -0.1) is 0 Å². The molecule has 81 heavy (non-hydrogen) atoms. The van der Waals surface area contributed by atoms with Crippen molar-refractivity contribution in [3.05, 3.63) is 219 Å². The van der Waals surface area contributed by atoms with E-state index < -0.39 is 37.2 Å². The quantitative estimate of drug-likeness (QED) is 0.0201. The van der Waals surface area contributed by atoms with Gasteiger partial charge in [-0.3, -0.25) is 15.4 Å². The number of amidine groups is 1. The number of nitrogens with one attached hydrogen (secondary N) is 4. The number of ether oxygens (including phenoxy) is 2. The predicted molar refractivity (Wildman–Crippen MR) is 308 cm³/mol. The first-order chi connectivity index (χ1) is 38.5. The number of hydrogen-bond donors (Lipinski definition) is 8. The van der Waals surface area contributed by atoms with Crippen molar-refractivity contribution in [1.82, 2.24) is 14.7 Å². The number of primary sulfonamides is 1. The zero-order valence-electron chi connectivity index (χ0n) is 45.0. The molecular weight excluding hydrogens is 1080 g/mol. The minimum atomic E-state index is -4.00. The first-order valence-corrected chi connectivity index (χ1v) is 28.2. The van der Waals surface area contributed by atoms with Gasteiger partial charge in [-0.25, -0.2) is 40.3 Å². The largest absolute Gasteiger partial charge is 0.487 e. The maximum Gasteiger partial charge on any atom is 0.241 e. The highest BCUT2D eigenvalue weighted by Crippen LogP contribution is 2.34. The van der Waals surface area contributed by atoms with Gasteiger partial charge in [0.05, 0.1) is 52.3 Å². The molecule has 17 nitrogen and oxygen atoms in total. The first kappa shape index (κ1) is 60.0. The molecule has 2 heterocycles. The fraction of sp³-hybridized carbons (Fsp3) is 0.200. The number of halogens is 2. The first-order valence-electron chi connectivity index (χ1n) is 25.1. The van der Waals surface area contributed by atoms with Gasteiger partial charge in [0.1, 0.15) is 42.2 Å². The van der Waals surface area contributed by atoms with Crippen LogP contribution in [-0.4, -0.2) is 48.4 Å². The van der Waals surface area contributed by atoms with E-state index in [2.05, 4.69) is 30.2 Å². The Bertz CT molecular complexity index is 3860.